The van der Waals surface area contributed by atoms with Crippen LogP contribution in [-0.4, -0.2) is 9.97 Å². The summed E-state index contributed by atoms with van der Waals surface area (Å²) in [6.45, 7) is 0. The molecule has 3 nitrogen and oxygen atoms in total. The van der Waals surface area contributed by atoms with Crippen molar-refractivity contribution in [1.29, 1.82) is 5.26 Å². The highest BCUT2D eigenvalue weighted by molar-refractivity contribution is 6.29. The van der Waals surface area contributed by atoms with Gasteiger partial charge in [-0.25, -0.2) is 9.37 Å². The first-order chi connectivity index (χ1) is 6.70. The van der Waals surface area contributed by atoms with E-state index in [-0.39, 0.29) is 17.2 Å². The molecule has 0 spiro atoms. The molecular formula is C9H5ClFN3. The molecule has 0 bridgehead atoms. The number of hydrogen-bond acceptors (Lipinski definition) is 2. The summed E-state index contributed by atoms with van der Waals surface area (Å²) in [4.78, 5) is 6.47. The summed E-state index contributed by atoms with van der Waals surface area (Å²) in [6, 6.07) is 4.91. The largest absolute Gasteiger partial charge is 0.328 e. The van der Waals surface area contributed by atoms with E-state index < -0.39 is 5.82 Å². The smallest absolute Gasteiger partial charge is 0.201 e. The molecule has 0 amide bonds. The zero-order valence-electron chi connectivity index (χ0n) is 7.01. The first-order valence-electron chi connectivity index (χ1n) is 3.91. The molecule has 5 heteroatoms. The SMILES string of the molecule is N#CCc1cc(F)c2nc(Cl)[nH]c2c1. The van der Waals surface area contributed by atoms with E-state index >= 15 is 0 Å². The van der Waals surface area contributed by atoms with Crippen molar-refractivity contribution in [3.8, 4) is 6.07 Å². The minimum Gasteiger partial charge on any atom is -0.328 e. The Kier molecular flexibility index (Phi) is 2.10. The Morgan fingerprint density at radius 3 is 3.07 bits per heavy atom. The molecule has 0 saturated carbocycles. The van der Waals surface area contributed by atoms with Gasteiger partial charge in [-0.05, 0) is 29.3 Å². The maximum Gasteiger partial charge on any atom is 0.201 e. The normalized spacial score (nSPS) is 10.4. The third-order valence-electron chi connectivity index (χ3n) is 1.85. The van der Waals surface area contributed by atoms with E-state index in [1.165, 1.54) is 6.07 Å². The van der Waals surface area contributed by atoms with E-state index in [1.807, 2.05) is 6.07 Å². The highest BCUT2D eigenvalue weighted by Gasteiger charge is 2.08. The number of halogens is 2. The first-order valence-corrected chi connectivity index (χ1v) is 4.29. The molecule has 0 fully saturated rings. The number of nitriles is 1. The molecule has 2 aromatic rings. The number of H-pyrrole nitrogens is 1. The van der Waals surface area contributed by atoms with Crippen LogP contribution in [0, 0.1) is 17.1 Å². The lowest BCUT2D eigenvalue weighted by Crippen LogP contribution is -1.85. The van der Waals surface area contributed by atoms with Gasteiger partial charge in [-0.1, -0.05) is 0 Å². The number of nitrogens with one attached hydrogen (secondary N) is 1. The summed E-state index contributed by atoms with van der Waals surface area (Å²) in [7, 11) is 0. The van der Waals surface area contributed by atoms with Crippen molar-refractivity contribution in [3.63, 3.8) is 0 Å². The Morgan fingerprint density at radius 2 is 2.36 bits per heavy atom. The first kappa shape index (κ1) is 8.97. The van der Waals surface area contributed by atoms with E-state index in [9.17, 15) is 4.39 Å². The van der Waals surface area contributed by atoms with Gasteiger partial charge in [0, 0.05) is 0 Å². The molecule has 0 aliphatic carbocycles. The molecule has 0 atom stereocenters. The standard InChI is InChI=1S/C9H5ClFN3/c10-9-13-7-4-5(1-2-12)3-6(11)8(7)14-9/h3-4H,1H2,(H,13,14). The van der Waals surface area contributed by atoms with Gasteiger partial charge in [-0.15, -0.1) is 0 Å². The fraction of sp³-hybridized carbons (Fsp3) is 0.111. The second-order valence-electron chi connectivity index (χ2n) is 2.84. The summed E-state index contributed by atoms with van der Waals surface area (Å²) < 4.78 is 13.3. The van der Waals surface area contributed by atoms with Crippen molar-refractivity contribution in [2.75, 3.05) is 0 Å². The fourth-order valence-electron chi connectivity index (χ4n) is 1.29. The summed E-state index contributed by atoms with van der Waals surface area (Å²) in [5.41, 5.74) is 1.33. The van der Waals surface area contributed by atoms with Gasteiger partial charge in [-0.3, -0.25) is 0 Å². The molecule has 1 N–H and O–H groups in total. The quantitative estimate of drug-likeness (QED) is 0.784. The Balaban J connectivity index is 2.66. The molecule has 14 heavy (non-hydrogen) atoms. The van der Waals surface area contributed by atoms with E-state index in [0.717, 1.165) is 0 Å². The molecule has 0 aliphatic heterocycles. The molecule has 2 rings (SSSR count). The zero-order chi connectivity index (χ0) is 10.1. The average molecular weight is 210 g/mol. The van der Waals surface area contributed by atoms with Crippen LogP contribution in [0.2, 0.25) is 5.28 Å². The predicted molar refractivity (Wildman–Crippen MR) is 50.4 cm³/mol. The van der Waals surface area contributed by atoms with Crippen LogP contribution in [0.3, 0.4) is 0 Å². The van der Waals surface area contributed by atoms with Crippen molar-refractivity contribution in [2.45, 2.75) is 6.42 Å². The molecule has 0 unspecified atom stereocenters. The minimum absolute atomic E-state index is 0.146. The molecule has 0 saturated heterocycles. The van der Waals surface area contributed by atoms with Gasteiger partial charge < -0.3 is 4.98 Å². The van der Waals surface area contributed by atoms with Crippen molar-refractivity contribution in [3.05, 3.63) is 28.8 Å². The Morgan fingerprint density at radius 1 is 1.57 bits per heavy atom. The lowest BCUT2D eigenvalue weighted by molar-refractivity contribution is 0.636. The number of hydrogen-bond donors (Lipinski definition) is 1. The topological polar surface area (TPSA) is 52.5 Å². The number of imidazole rings is 1. The Bertz CT molecular complexity index is 527. The summed E-state index contributed by atoms with van der Waals surface area (Å²) in [5, 5.41) is 8.61. The Hall–Kier alpha value is -1.60. The summed E-state index contributed by atoms with van der Waals surface area (Å²) in [5.74, 6) is -0.462. The van der Waals surface area contributed by atoms with Crippen LogP contribution in [-0.2, 0) is 6.42 Å². The average Bonchev–Trinajstić information content (AvgIpc) is 2.47. The van der Waals surface area contributed by atoms with Crippen LogP contribution in [0.1, 0.15) is 5.56 Å². The third kappa shape index (κ3) is 1.42. The lowest BCUT2D eigenvalue weighted by atomic mass is 10.1. The molecule has 0 aliphatic rings. The van der Waals surface area contributed by atoms with Crippen LogP contribution in [0.25, 0.3) is 11.0 Å². The van der Waals surface area contributed by atoms with Crippen molar-refractivity contribution in [1.82, 2.24) is 9.97 Å². The number of aromatic amines is 1. The number of aromatic nitrogens is 2. The molecule has 70 valence electrons. The zero-order valence-corrected chi connectivity index (χ0v) is 7.77. The molecule has 1 heterocycles. The van der Waals surface area contributed by atoms with Crippen LogP contribution in [0.15, 0.2) is 12.1 Å². The fourth-order valence-corrected chi connectivity index (χ4v) is 1.48. The second-order valence-corrected chi connectivity index (χ2v) is 3.19. The van der Waals surface area contributed by atoms with Crippen LogP contribution < -0.4 is 0 Å². The Labute approximate surface area is 84.1 Å². The highest BCUT2D eigenvalue weighted by atomic mass is 35.5. The van der Waals surface area contributed by atoms with Crippen LogP contribution in [0.5, 0.6) is 0 Å². The number of benzene rings is 1. The highest BCUT2D eigenvalue weighted by Crippen LogP contribution is 2.19. The summed E-state index contributed by atoms with van der Waals surface area (Å²) >= 11 is 5.59. The van der Waals surface area contributed by atoms with Gasteiger partial charge in [0.1, 0.15) is 5.52 Å². The van der Waals surface area contributed by atoms with Gasteiger partial charge in [0.25, 0.3) is 0 Å². The van der Waals surface area contributed by atoms with Gasteiger partial charge in [-0.2, -0.15) is 5.26 Å². The van der Waals surface area contributed by atoms with Gasteiger partial charge in [0.2, 0.25) is 5.28 Å². The monoisotopic (exact) mass is 209 g/mol. The van der Waals surface area contributed by atoms with Crippen molar-refractivity contribution in [2.24, 2.45) is 0 Å². The van der Waals surface area contributed by atoms with Crippen LogP contribution in [0.4, 0.5) is 4.39 Å². The van der Waals surface area contributed by atoms with Gasteiger partial charge in [0.05, 0.1) is 18.0 Å². The van der Waals surface area contributed by atoms with Crippen molar-refractivity contribution < 1.29 is 4.39 Å². The van der Waals surface area contributed by atoms with Gasteiger partial charge in [0.15, 0.2) is 5.82 Å². The maximum absolute atomic E-state index is 13.3. The number of nitrogens with zero attached hydrogens (tertiary/aromatic N) is 2. The van der Waals surface area contributed by atoms with E-state index in [0.29, 0.717) is 11.1 Å². The second kappa shape index (κ2) is 3.28. The minimum atomic E-state index is -0.462. The van der Waals surface area contributed by atoms with Crippen LogP contribution >= 0.6 is 11.6 Å². The van der Waals surface area contributed by atoms with E-state index in [1.54, 1.807) is 6.07 Å². The van der Waals surface area contributed by atoms with E-state index in [2.05, 4.69) is 9.97 Å². The predicted octanol–water partition coefficient (Wildman–Crippen LogP) is 2.42. The molecular weight excluding hydrogens is 205 g/mol. The molecule has 0 radical (unpaired) electrons. The molecule has 1 aromatic carbocycles. The third-order valence-corrected chi connectivity index (χ3v) is 2.03. The summed E-state index contributed by atoms with van der Waals surface area (Å²) in [6.07, 6.45) is 0.170. The van der Waals surface area contributed by atoms with Crippen molar-refractivity contribution >= 4 is 22.6 Å². The van der Waals surface area contributed by atoms with E-state index in [4.69, 9.17) is 16.9 Å². The lowest BCUT2D eigenvalue weighted by Gasteiger charge is -1.95. The molecule has 1 aromatic heterocycles. The van der Waals surface area contributed by atoms with Gasteiger partial charge >= 0.3 is 0 Å². The number of rotatable bonds is 1. The number of fused-ring (bicyclic) bond motifs is 1. The maximum atomic E-state index is 13.3.